The fraction of sp³-hybridized carbons (Fsp3) is 0.286. The van der Waals surface area contributed by atoms with Crippen LogP contribution in [0.25, 0.3) is 5.57 Å². The summed E-state index contributed by atoms with van der Waals surface area (Å²) in [6, 6.07) is 20.7. The number of pyridine rings is 1. The highest BCUT2D eigenvalue weighted by Gasteiger charge is 2.41. The third-order valence-electron chi connectivity index (χ3n) is 7.01. The molecular weight excluding hydrogens is 440 g/mol. The topological polar surface area (TPSA) is 40.6 Å². The molecule has 0 saturated carbocycles. The van der Waals surface area contributed by atoms with E-state index in [0.29, 0.717) is 5.11 Å². The molecular formula is C28H30N4OS. The minimum absolute atomic E-state index is 0.0296. The van der Waals surface area contributed by atoms with E-state index in [1.807, 2.05) is 36.5 Å². The first-order valence-electron chi connectivity index (χ1n) is 11.5. The van der Waals surface area contributed by atoms with Crippen molar-refractivity contribution in [1.82, 2.24) is 10.3 Å². The number of benzene rings is 2. The molecule has 5 rings (SSSR count). The Kier molecular flexibility index (Phi) is 5.56. The monoisotopic (exact) mass is 470 g/mol. The summed E-state index contributed by atoms with van der Waals surface area (Å²) in [4.78, 5) is 9.20. The highest BCUT2D eigenvalue weighted by atomic mass is 32.1. The number of allylic oxidation sites excluding steroid dienone is 1. The minimum Gasteiger partial charge on any atom is -0.497 e. The quantitative estimate of drug-likeness (QED) is 0.479. The largest absolute Gasteiger partial charge is 0.497 e. The number of likely N-dealkylation sites (N-methyl/N-ethyl adjacent to an activating group) is 1. The third kappa shape index (κ3) is 3.72. The summed E-state index contributed by atoms with van der Waals surface area (Å²) in [5, 5.41) is 4.22. The number of nitrogens with one attached hydrogen (secondary N) is 1. The van der Waals surface area contributed by atoms with Crippen molar-refractivity contribution in [2.75, 3.05) is 24.0 Å². The highest BCUT2D eigenvalue weighted by molar-refractivity contribution is 7.80. The van der Waals surface area contributed by atoms with E-state index in [9.17, 15) is 0 Å². The van der Waals surface area contributed by atoms with Crippen molar-refractivity contribution < 1.29 is 4.74 Å². The number of hydrogen-bond donors (Lipinski definition) is 1. The lowest BCUT2D eigenvalue weighted by molar-refractivity contribution is 0.415. The van der Waals surface area contributed by atoms with Gasteiger partial charge < -0.3 is 19.9 Å². The molecule has 0 unspecified atom stereocenters. The van der Waals surface area contributed by atoms with Crippen molar-refractivity contribution in [3.05, 3.63) is 89.8 Å². The van der Waals surface area contributed by atoms with Gasteiger partial charge in [-0.2, -0.15) is 0 Å². The maximum atomic E-state index is 5.88. The average Bonchev–Trinajstić information content (AvgIpc) is 3.19. The zero-order valence-electron chi connectivity index (χ0n) is 20.2. The number of thiocarbonyl (C=S) groups is 1. The van der Waals surface area contributed by atoms with Crippen molar-refractivity contribution in [3.8, 4) is 5.75 Å². The van der Waals surface area contributed by atoms with Gasteiger partial charge in [-0.15, -0.1) is 0 Å². The van der Waals surface area contributed by atoms with Crippen LogP contribution in [0.15, 0.2) is 72.9 Å². The van der Waals surface area contributed by atoms with E-state index in [2.05, 4.69) is 84.3 Å². The summed E-state index contributed by atoms with van der Waals surface area (Å²) in [6.45, 7) is 6.69. The Labute approximate surface area is 207 Å². The lowest BCUT2D eigenvalue weighted by Crippen LogP contribution is -2.42. The summed E-state index contributed by atoms with van der Waals surface area (Å²) in [5.74, 6) is 0.799. The van der Waals surface area contributed by atoms with Crippen LogP contribution in [-0.2, 0) is 0 Å². The number of ether oxygens (including phenoxy) is 1. The fourth-order valence-electron chi connectivity index (χ4n) is 5.09. The molecule has 2 aromatic carbocycles. The Bertz CT molecular complexity index is 1270. The van der Waals surface area contributed by atoms with Crippen LogP contribution in [0.4, 0.5) is 11.4 Å². The van der Waals surface area contributed by atoms with Gasteiger partial charge in [0.1, 0.15) is 5.75 Å². The Hall–Kier alpha value is -3.38. The number of aromatic nitrogens is 1. The van der Waals surface area contributed by atoms with E-state index >= 15 is 0 Å². The van der Waals surface area contributed by atoms with Crippen LogP contribution in [0, 0.1) is 0 Å². The molecule has 1 N–H and O–H groups in total. The van der Waals surface area contributed by atoms with Crippen LogP contribution in [0.2, 0.25) is 0 Å². The molecule has 3 aromatic rings. The van der Waals surface area contributed by atoms with Gasteiger partial charge in [0.15, 0.2) is 5.11 Å². The zero-order chi connectivity index (χ0) is 24.0. The first-order valence-corrected chi connectivity index (χ1v) is 11.9. The molecule has 3 heterocycles. The normalized spacial score (nSPS) is 21.1. The molecule has 1 fully saturated rings. The molecule has 174 valence electrons. The number of methoxy groups -OCH3 is 1. The molecule has 34 heavy (non-hydrogen) atoms. The van der Waals surface area contributed by atoms with E-state index in [4.69, 9.17) is 17.0 Å². The van der Waals surface area contributed by atoms with Crippen LogP contribution >= 0.6 is 12.2 Å². The Morgan fingerprint density at radius 2 is 1.88 bits per heavy atom. The van der Waals surface area contributed by atoms with Gasteiger partial charge in [-0.25, -0.2) is 0 Å². The number of fused-ring (bicyclic) bond motifs is 1. The van der Waals surface area contributed by atoms with Gasteiger partial charge in [0.05, 0.1) is 30.4 Å². The van der Waals surface area contributed by atoms with Crippen LogP contribution in [0.3, 0.4) is 0 Å². The summed E-state index contributed by atoms with van der Waals surface area (Å²) < 4.78 is 5.51. The smallest absolute Gasteiger partial charge is 0.174 e. The van der Waals surface area contributed by atoms with E-state index < -0.39 is 0 Å². The van der Waals surface area contributed by atoms with Crippen molar-refractivity contribution in [1.29, 1.82) is 0 Å². The maximum absolute atomic E-state index is 5.88. The average molecular weight is 471 g/mol. The SMILES string of the molecule is COc1cccc(N2C(=S)N[C@@H](c3ccccn3)[C@@H]2c2ccc3c(c2)C(C)=CC(C)(C)N3C)c1. The molecule has 0 radical (unpaired) electrons. The molecule has 1 saturated heterocycles. The molecule has 0 spiro atoms. The molecule has 2 atom stereocenters. The highest BCUT2D eigenvalue weighted by Crippen LogP contribution is 2.45. The summed E-state index contributed by atoms with van der Waals surface area (Å²) in [6.07, 6.45) is 4.18. The number of rotatable bonds is 4. The van der Waals surface area contributed by atoms with Crippen molar-refractivity contribution in [2.45, 2.75) is 38.4 Å². The van der Waals surface area contributed by atoms with Crippen molar-refractivity contribution in [3.63, 3.8) is 0 Å². The molecule has 5 nitrogen and oxygen atoms in total. The van der Waals surface area contributed by atoms with E-state index in [1.165, 1.54) is 22.4 Å². The van der Waals surface area contributed by atoms with Gasteiger partial charge in [0.25, 0.3) is 0 Å². The maximum Gasteiger partial charge on any atom is 0.174 e. The van der Waals surface area contributed by atoms with Crippen molar-refractivity contribution in [2.24, 2.45) is 0 Å². The zero-order valence-corrected chi connectivity index (χ0v) is 21.1. The van der Waals surface area contributed by atoms with Gasteiger partial charge in [0, 0.05) is 36.2 Å². The second kappa shape index (κ2) is 8.44. The van der Waals surface area contributed by atoms with Crippen LogP contribution in [0.1, 0.15) is 49.7 Å². The predicted octanol–water partition coefficient (Wildman–Crippen LogP) is 5.90. The third-order valence-corrected chi connectivity index (χ3v) is 7.33. The Balaban J connectivity index is 1.66. The van der Waals surface area contributed by atoms with E-state index in [1.54, 1.807) is 7.11 Å². The van der Waals surface area contributed by atoms with Gasteiger partial charge in [-0.1, -0.05) is 24.3 Å². The lowest BCUT2D eigenvalue weighted by Gasteiger charge is -2.41. The predicted molar refractivity (Wildman–Crippen MR) is 144 cm³/mol. The van der Waals surface area contributed by atoms with Crippen molar-refractivity contribution >= 4 is 34.3 Å². The molecule has 2 aliphatic rings. The summed E-state index contributed by atoms with van der Waals surface area (Å²) in [7, 11) is 3.84. The summed E-state index contributed by atoms with van der Waals surface area (Å²) in [5.41, 5.74) is 6.89. The molecule has 6 heteroatoms. The summed E-state index contributed by atoms with van der Waals surface area (Å²) >= 11 is 5.88. The van der Waals surface area contributed by atoms with Crippen LogP contribution < -0.4 is 19.9 Å². The first-order chi connectivity index (χ1) is 16.3. The molecule has 1 aromatic heterocycles. The minimum atomic E-state index is -0.0833. The number of anilines is 2. The second-order valence-corrected chi connectivity index (χ2v) is 9.90. The molecule has 0 aliphatic carbocycles. The van der Waals surface area contributed by atoms with Crippen LogP contribution in [0.5, 0.6) is 5.75 Å². The number of hydrogen-bond acceptors (Lipinski definition) is 4. The van der Waals surface area contributed by atoms with Gasteiger partial charge in [0.2, 0.25) is 0 Å². The molecule has 2 aliphatic heterocycles. The Morgan fingerprint density at radius 1 is 1.06 bits per heavy atom. The lowest BCUT2D eigenvalue weighted by atomic mass is 9.86. The van der Waals surface area contributed by atoms with E-state index in [0.717, 1.165) is 17.1 Å². The Morgan fingerprint density at radius 3 is 2.62 bits per heavy atom. The number of nitrogens with zero attached hydrogens (tertiary/aromatic N) is 3. The molecule has 0 bridgehead atoms. The van der Waals surface area contributed by atoms with Gasteiger partial charge >= 0.3 is 0 Å². The molecule has 0 amide bonds. The second-order valence-electron chi connectivity index (χ2n) is 9.51. The van der Waals surface area contributed by atoms with Crippen LogP contribution in [-0.4, -0.2) is 29.8 Å². The first kappa shape index (κ1) is 22.4. The standard InChI is InChI=1S/C28H30N4OS/c1-18-17-28(2,3)31(4)24-13-12-19(15-22(18)24)26-25(23-11-6-7-14-29-23)30-27(34)32(26)20-9-8-10-21(16-20)33-5/h6-17,25-26H,1-5H3,(H,30,34)/t25-,26-/m0/s1. The fourth-order valence-corrected chi connectivity index (χ4v) is 5.44. The van der Waals surface area contributed by atoms with E-state index in [-0.39, 0.29) is 17.6 Å². The van der Waals surface area contributed by atoms with Gasteiger partial charge in [-0.3, -0.25) is 4.98 Å². The van der Waals surface area contributed by atoms with Gasteiger partial charge in [-0.05, 0) is 80.5 Å².